The van der Waals surface area contributed by atoms with Crippen LogP contribution in [0.5, 0.6) is 23.0 Å². The SMILES string of the molecule is CCC(C)(CC(O)COc1ccc(Cc2ccc(O)cc2)cc1)Oc1ccc(Cc2ccc(OCC3CO3)cc2)cc1. The molecule has 6 nitrogen and oxygen atoms in total. The van der Waals surface area contributed by atoms with E-state index >= 15 is 0 Å². The Morgan fingerprint density at radius 3 is 1.67 bits per heavy atom. The Labute approximate surface area is 248 Å². The maximum atomic E-state index is 10.8. The lowest BCUT2D eigenvalue weighted by molar-refractivity contribution is 0.00434. The molecule has 0 saturated carbocycles. The summed E-state index contributed by atoms with van der Waals surface area (Å²) in [5.41, 5.74) is 4.16. The number of aliphatic hydroxyl groups is 1. The van der Waals surface area contributed by atoms with Crippen LogP contribution in [-0.2, 0) is 17.6 Å². The first-order valence-electron chi connectivity index (χ1n) is 14.6. The van der Waals surface area contributed by atoms with E-state index in [1.54, 1.807) is 12.1 Å². The van der Waals surface area contributed by atoms with Gasteiger partial charge in [-0.25, -0.2) is 0 Å². The molecule has 0 bridgehead atoms. The number of aliphatic hydroxyl groups excluding tert-OH is 1. The van der Waals surface area contributed by atoms with Crippen molar-refractivity contribution in [2.45, 2.75) is 57.3 Å². The molecule has 2 N–H and O–H groups in total. The van der Waals surface area contributed by atoms with Crippen LogP contribution in [0.2, 0.25) is 0 Å². The smallest absolute Gasteiger partial charge is 0.120 e. The summed E-state index contributed by atoms with van der Waals surface area (Å²) in [7, 11) is 0. The van der Waals surface area contributed by atoms with E-state index in [9.17, 15) is 10.2 Å². The Morgan fingerprint density at radius 2 is 1.19 bits per heavy atom. The summed E-state index contributed by atoms with van der Waals surface area (Å²) < 4.78 is 23.2. The summed E-state index contributed by atoms with van der Waals surface area (Å²) in [5.74, 6) is 2.63. The topological polar surface area (TPSA) is 80.7 Å². The van der Waals surface area contributed by atoms with Crippen LogP contribution in [0.1, 0.15) is 48.9 Å². The van der Waals surface area contributed by atoms with Crippen LogP contribution in [0.4, 0.5) is 0 Å². The molecule has 220 valence electrons. The molecular formula is C36H40O6. The lowest BCUT2D eigenvalue weighted by Gasteiger charge is -2.31. The summed E-state index contributed by atoms with van der Waals surface area (Å²) in [6.07, 6.45) is 2.38. The van der Waals surface area contributed by atoms with Crippen molar-refractivity contribution in [2.75, 3.05) is 19.8 Å². The third kappa shape index (κ3) is 9.00. The highest BCUT2D eigenvalue weighted by atomic mass is 16.6. The Bertz CT molecular complexity index is 1380. The molecular weight excluding hydrogens is 528 g/mol. The molecule has 0 spiro atoms. The summed E-state index contributed by atoms with van der Waals surface area (Å²) in [6.45, 7) is 5.69. The molecule has 4 aromatic carbocycles. The predicted molar refractivity (Wildman–Crippen MR) is 164 cm³/mol. The standard InChI is InChI=1S/C36H40O6/c1-3-36(2,22-31(38)23-39-32-14-6-27(7-15-32)20-26-4-12-30(37)13-5-26)42-34-18-10-29(11-19-34)21-28-8-16-33(17-9-28)40-24-35-25-41-35/h4-19,31,35,37-38H,3,20-25H2,1-2H3. The fourth-order valence-corrected chi connectivity index (χ4v) is 4.81. The Morgan fingerprint density at radius 1 is 0.738 bits per heavy atom. The molecule has 1 fully saturated rings. The zero-order valence-electron chi connectivity index (χ0n) is 24.4. The minimum atomic E-state index is -0.672. The average molecular weight is 569 g/mol. The number of hydrogen-bond acceptors (Lipinski definition) is 6. The van der Waals surface area contributed by atoms with E-state index in [2.05, 4.69) is 31.2 Å². The molecule has 1 aliphatic rings. The third-order valence-corrected chi connectivity index (χ3v) is 7.58. The molecule has 1 heterocycles. The zero-order chi connectivity index (χ0) is 29.4. The largest absolute Gasteiger partial charge is 0.508 e. The van der Waals surface area contributed by atoms with E-state index in [4.69, 9.17) is 18.9 Å². The maximum Gasteiger partial charge on any atom is 0.120 e. The lowest BCUT2D eigenvalue weighted by atomic mass is 9.95. The number of aromatic hydroxyl groups is 1. The fraction of sp³-hybridized carbons (Fsp3) is 0.333. The molecule has 42 heavy (non-hydrogen) atoms. The van der Waals surface area contributed by atoms with Gasteiger partial charge in [0, 0.05) is 6.42 Å². The highest BCUT2D eigenvalue weighted by molar-refractivity contribution is 5.35. The molecule has 0 radical (unpaired) electrons. The summed E-state index contributed by atoms with van der Waals surface area (Å²) in [6, 6.07) is 31.5. The maximum absolute atomic E-state index is 10.8. The van der Waals surface area contributed by atoms with Crippen LogP contribution >= 0.6 is 0 Å². The molecule has 0 aromatic heterocycles. The van der Waals surface area contributed by atoms with Crippen molar-refractivity contribution in [1.29, 1.82) is 0 Å². The van der Waals surface area contributed by atoms with E-state index in [0.717, 1.165) is 48.5 Å². The van der Waals surface area contributed by atoms with Crippen LogP contribution in [0.25, 0.3) is 0 Å². The summed E-state index contributed by atoms with van der Waals surface area (Å²) >= 11 is 0. The van der Waals surface area contributed by atoms with E-state index in [1.807, 2.05) is 67.6 Å². The highest BCUT2D eigenvalue weighted by Crippen LogP contribution is 2.27. The first kappa shape index (κ1) is 29.5. The van der Waals surface area contributed by atoms with Gasteiger partial charge in [0.05, 0.1) is 12.7 Å². The minimum Gasteiger partial charge on any atom is -0.508 e. The van der Waals surface area contributed by atoms with Gasteiger partial charge in [-0.3, -0.25) is 0 Å². The van der Waals surface area contributed by atoms with Crippen LogP contribution in [0, 0.1) is 0 Å². The predicted octanol–water partition coefficient (Wildman–Crippen LogP) is 6.73. The monoisotopic (exact) mass is 568 g/mol. The van der Waals surface area contributed by atoms with Crippen LogP contribution in [0.3, 0.4) is 0 Å². The first-order valence-corrected chi connectivity index (χ1v) is 14.6. The zero-order valence-corrected chi connectivity index (χ0v) is 24.4. The molecule has 4 aromatic rings. The minimum absolute atomic E-state index is 0.188. The van der Waals surface area contributed by atoms with Crippen LogP contribution in [-0.4, -0.2) is 47.8 Å². The first-order chi connectivity index (χ1) is 20.4. The van der Waals surface area contributed by atoms with Crippen LogP contribution < -0.4 is 14.2 Å². The molecule has 5 rings (SSSR count). The van der Waals surface area contributed by atoms with Gasteiger partial charge in [-0.15, -0.1) is 0 Å². The van der Waals surface area contributed by atoms with Gasteiger partial charge in [0.25, 0.3) is 0 Å². The molecule has 3 unspecified atom stereocenters. The van der Waals surface area contributed by atoms with Crippen molar-refractivity contribution in [3.63, 3.8) is 0 Å². The van der Waals surface area contributed by atoms with Crippen molar-refractivity contribution in [1.82, 2.24) is 0 Å². The second-order valence-electron chi connectivity index (χ2n) is 11.3. The van der Waals surface area contributed by atoms with Gasteiger partial charge >= 0.3 is 0 Å². The van der Waals surface area contributed by atoms with Gasteiger partial charge < -0.3 is 29.2 Å². The van der Waals surface area contributed by atoms with Gasteiger partial charge in [-0.1, -0.05) is 55.5 Å². The number of epoxide rings is 1. The van der Waals surface area contributed by atoms with E-state index < -0.39 is 11.7 Å². The normalized spacial score (nSPS) is 16.3. The average Bonchev–Trinajstić information content (AvgIpc) is 3.83. The molecule has 1 aliphatic heterocycles. The van der Waals surface area contributed by atoms with Gasteiger partial charge in [-0.05, 0) is 97.0 Å². The third-order valence-electron chi connectivity index (χ3n) is 7.58. The number of phenols is 1. The Balaban J connectivity index is 1.07. The Hall–Kier alpha value is -4.00. The number of rotatable bonds is 15. The molecule has 6 heteroatoms. The van der Waals surface area contributed by atoms with Gasteiger partial charge in [0.2, 0.25) is 0 Å². The van der Waals surface area contributed by atoms with Crippen LogP contribution in [0.15, 0.2) is 97.1 Å². The van der Waals surface area contributed by atoms with Crippen molar-refractivity contribution in [3.05, 3.63) is 119 Å². The van der Waals surface area contributed by atoms with Crippen molar-refractivity contribution >= 4 is 0 Å². The van der Waals surface area contributed by atoms with Gasteiger partial charge in [0.15, 0.2) is 0 Å². The number of benzene rings is 4. The fourth-order valence-electron chi connectivity index (χ4n) is 4.81. The van der Waals surface area contributed by atoms with Crippen molar-refractivity contribution in [3.8, 4) is 23.0 Å². The number of hydrogen-bond donors (Lipinski definition) is 2. The quantitative estimate of drug-likeness (QED) is 0.155. The van der Waals surface area contributed by atoms with E-state index in [0.29, 0.717) is 18.8 Å². The van der Waals surface area contributed by atoms with Gasteiger partial charge in [-0.2, -0.15) is 0 Å². The van der Waals surface area contributed by atoms with E-state index in [1.165, 1.54) is 11.1 Å². The summed E-state index contributed by atoms with van der Waals surface area (Å²) in [4.78, 5) is 0. The molecule has 0 aliphatic carbocycles. The highest BCUT2D eigenvalue weighted by Gasteiger charge is 2.28. The second-order valence-corrected chi connectivity index (χ2v) is 11.3. The molecule has 3 atom stereocenters. The molecule has 0 amide bonds. The molecule has 1 saturated heterocycles. The summed E-state index contributed by atoms with van der Waals surface area (Å²) in [5, 5.41) is 20.2. The van der Waals surface area contributed by atoms with Crippen molar-refractivity contribution < 1.29 is 29.2 Å². The lowest BCUT2D eigenvalue weighted by Crippen LogP contribution is -2.37. The number of phenolic OH excluding ortho intramolecular Hbond substituents is 1. The van der Waals surface area contributed by atoms with Gasteiger partial charge in [0.1, 0.15) is 47.9 Å². The Kier molecular flexibility index (Phi) is 9.67. The van der Waals surface area contributed by atoms with E-state index in [-0.39, 0.29) is 18.5 Å². The number of ether oxygens (including phenoxy) is 4. The second kappa shape index (κ2) is 13.8. The van der Waals surface area contributed by atoms with Crippen molar-refractivity contribution in [2.24, 2.45) is 0 Å².